The molecule has 3 rings (SSSR count). The number of carbonyl (C=O) groups excluding carboxylic acids is 1. The summed E-state index contributed by atoms with van der Waals surface area (Å²) in [6.07, 6.45) is 6.52. The zero-order valence-electron chi connectivity index (χ0n) is 12.1. The molecular weight excluding hydrogens is 313 g/mol. The van der Waals surface area contributed by atoms with E-state index in [9.17, 15) is 4.79 Å². The van der Waals surface area contributed by atoms with Gasteiger partial charge in [0.15, 0.2) is 0 Å². The van der Waals surface area contributed by atoms with Crippen molar-refractivity contribution in [2.24, 2.45) is 5.92 Å². The molecule has 2 fully saturated rings. The first-order chi connectivity index (χ1) is 9.75. The van der Waals surface area contributed by atoms with E-state index in [1.165, 1.54) is 36.6 Å². The second-order valence-electron chi connectivity index (χ2n) is 6.01. The summed E-state index contributed by atoms with van der Waals surface area (Å²) < 4.78 is 1.49. The summed E-state index contributed by atoms with van der Waals surface area (Å²) in [6.45, 7) is 2.74. The number of benzene rings is 1. The van der Waals surface area contributed by atoms with E-state index in [4.69, 9.17) is 0 Å². The van der Waals surface area contributed by atoms with Crippen molar-refractivity contribution in [3.05, 3.63) is 30.3 Å². The first-order valence-electron chi connectivity index (χ1n) is 7.74. The average molecular weight is 336 g/mol. The molecule has 2 aliphatic rings. The van der Waals surface area contributed by atoms with Gasteiger partial charge in [-0.15, -0.1) is 0 Å². The number of nitrogens with zero attached hydrogens (tertiary/aromatic N) is 1. The molecule has 0 radical (unpaired) electrons. The average Bonchev–Trinajstić information content (AvgIpc) is 2.48. The number of piperidine rings is 1. The summed E-state index contributed by atoms with van der Waals surface area (Å²) >= 11 is 0.496. The molecule has 1 aliphatic heterocycles. The van der Waals surface area contributed by atoms with Crippen LogP contribution in [0.3, 0.4) is 0 Å². The standard InChI is InChI=1S/C17H23NOSe/c1-13(19)18-12-6-8-14-7-5-11-16(17(14)18)20-15-9-3-2-4-10-15/h2-4,9-10,14,16-17H,5-8,11-12H2,1H3/t14-,16+,17+/m1/s1. The predicted octanol–water partition coefficient (Wildman–Crippen LogP) is 2.62. The molecule has 20 heavy (non-hydrogen) atoms. The van der Waals surface area contributed by atoms with Gasteiger partial charge in [0.25, 0.3) is 0 Å². The van der Waals surface area contributed by atoms with Gasteiger partial charge in [-0.1, -0.05) is 0 Å². The normalized spacial score (nSPS) is 29.9. The second kappa shape index (κ2) is 6.32. The van der Waals surface area contributed by atoms with Crippen LogP contribution in [0.15, 0.2) is 30.3 Å². The second-order valence-corrected chi connectivity index (χ2v) is 8.76. The van der Waals surface area contributed by atoms with Crippen LogP contribution in [0.4, 0.5) is 0 Å². The van der Waals surface area contributed by atoms with Gasteiger partial charge in [0.1, 0.15) is 0 Å². The van der Waals surface area contributed by atoms with Crippen molar-refractivity contribution in [1.82, 2.24) is 4.90 Å². The number of hydrogen-bond acceptors (Lipinski definition) is 1. The molecule has 1 aromatic carbocycles. The first kappa shape index (κ1) is 14.2. The van der Waals surface area contributed by atoms with E-state index in [1.54, 1.807) is 6.92 Å². The minimum absolute atomic E-state index is 0.287. The van der Waals surface area contributed by atoms with Crippen molar-refractivity contribution in [2.45, 2.75) is 49.9 Å². The van der Waals surface area contributed by atoms with E-state index in [2.05, 4.69) is 35.2 Å². The Balaban J connectivity index is 1.79. The molecule has 1 aliphatic carbocycles. The zero-order valence-corrected chi connectivity index (χ0v) is 13.8. The van der Waals surface area contributed by atoms with E-state index in [0.717, 1.165) is 12.5 Å². The summed E-state index contributed by atoms with van der Waals surface area (Å²) in [5.41, 5.74) is 0. The van der Waals surface area contributed by atoms with Crippen LogP contribution in [-0.2, 0) is 4.79 Å². The Morgan fingerprint density at radius 2 is 1.90 bits per heavy atom. The SMILES string of the molecule is CC(=O)N1CCC[C@H]2CCC[C@H]([Se]c3ccccc3)[C@H]21. The minimum atomic E-state index is 0.287. The molecule has 0 spiro atoms. The number of hydrogen-bond donors (Lipinski definition) is 0. The Hall–Kier alpha value is -0.791. The fourth-order valence-electron chi connectivity index (χ4n) is 3.84. The molecule has 0 bridgehead atoms. The van der Waals surface area contributed by atoms with Gasteiger partial charge in [0.2, 0.25) is 0 Å². The van der Waals surface area contributed by atoms with Gasteiger partial charge in [-0.05, 0) is 0 Å². The summed E-state index contributed by atoms with van der Waals surface area (Å²) in [5.74, 6) is 1.05. The Labute approximate surface area is 128 Å². The molecule has 0 unspecified atom stereocenters. The molecule has 1 heterocycles. The molecule has 108 valence electrons. The molecule has 2 nitrogen and oxygen atoms in total. The molecule has 0 N–H and O–H groups in total. The molecule has 1 aromatic rings. The van der Waals surface area contributed by atoms with Crippen LogP contribution < -0.4 is 4.46 Å². The quantitative estimate of drug-likeness (QED) is 0.761. The van der Waals surface area contributed by atoms with E-state index in [0.29, 0.717) is 25.8 Å². The molecule has 1 saturated heterocycles. The monoisotopic (exact) mass is 337 g/mol. The van der Waals surface area contributed by atoms with E-state index in [1.807, 2.05) is 0 Å². The maximum absolute atomic E-state index is 12.0. The Bertz CT molecular complexity index is 459. The van der Waals surface area contributed by atoms with Gasteiger partial charge < -0.3 is 0 Å². The van der Waals surface area contributed by atoms with Gasteiger partial charge in [-0.2, -0.15) is 0 Å². The number of fused-ring (bicyclic) bond motifs is 1. The summed E-state index contributed by atoms with van der Waals surface area (Å²) in [4.78, 5) is 14.9. The zero-order chi connectivity index (χ0) is 13.9. The molecule has 0 aromatic heterocycles. The van der Waals surface area contributed by atoms with Gasteiger partial charge in [-0.3, -0.25) is 0 Å². The fraction of sp³-hybridized carbons (Fsp3) is 0.588. The first-order valence-corrected chi connectivity index (χ1v) is 9.59. The molecule has 3 atom stereocenters. The van der Waals surface area contributed by atoms with Gasteiger partial charge in [-0.25, -0.2) is 0 Å². The van der Waals surface area contributed by atoms with Crippen LogP contribution in [0.5, 0.6) is 0 Å². The van der Waals surface area contributed by atoms with Crippen molar-refractivity contribution in [1.29, 1.82) is 0 Å². The fourth-order valence-corrected chi connectivity index (χ4v) is 6.90. The van der Waals surface area contributed by atoms with Crippen molar-refractivity contribution < 1.29 is 4.79 Å². The Morgan fingerprint density at radius 1 is 1.15 bits per heavy atom. The molecule has 1 amide bonds. The summed E-state index contributed by atoms with van der Waals surface area (Å²) in [5, 5.41) is 0. The number of likely N-dealkylation sites (tertiary alicyclic amines) is 1. The van der Waals surface area contributed by atoms with Crippen molar-refractivity contribution in [3.63, 3.8) is 0 Å². The van der Waals surface area contributed by atoms with Gasteiger partial charge in [0.05, 0.1) is 0 Å². The third-order valence-corrected chi connectivity index (χ3v) is 7.55. The Morgan fingerprint density at radius 3 is 2.65 bits per heavy atom. The van der Waals surface area contributed by atoms with Crippen molar-refractivity contribution in [2.75, 3.05) is 6.54 Å². The van der Waals surface area contributed by atoms with E-state index < -0.39 is 0 Å². The third kappa shape index (κ3) is 2.94. The van der Waals surface area contributed by atoms with Crippen molar-refractivity contribution >= 4 is 25.3 Å². The van der Waals surface area contributed by atoms with E-state index >= 15 is 0 Å². The van der Waals surface area contributed by atoms with Crippen LogP contribution in [-0.4, -0.2) is 38.4 Å². The number of carbonyl (C=O) groups is 1. The van der Waals surface area contributed by atoms with Crippen molar-refractivity contribution in [3.8, 4) is 0 Å². The number of amides is 1. The molecule has 1 saturated carbocycles. The maximum atomic E-state index is 12.0. The predicted molar refractivity (Wildman–Crippen MR) is 83.3 cm³/mol. The van der Waals surface area contributed by atoms with Gasteiger partial charge in [0, 0.05) is 0 Å². The topological polar surface area (TPSA) is 20.3 Å². The van der Waals surface area contributed by atoms with Crippen LogP contribution >= 0.6 is 0 Å². The van der Waals surface area contributed by atoms with Crippen LogP contribution in [0.25, 0.3) is 0 Å². The van der Waals surface area contributed by atoms with Gasteiger partial charge >= 0.3 is 128 Å². The number of rotatable bonds is 2. The Kier molecular flexibility index (Phi) is 4.48. The van der Waals surface area contributed by atoms with Crippen LogP contribution in [0.2, 0.25) is 4.82 Å². The van der Waals surface area contributed by atoms with Crippen LogP contribution in [0.1, 0.15) is 39.0 Å². The third-order valence-electron chi connectivity index (χ3n) is 4.70. The van der Waals surface area contributed by atoms with E-state index in [-0.39, 0.29) is 5.91 Å². The summed E-state index contributed by atoms with van der Waals surface area (Å²) in [7, 11) is 0. The molecular formula is C17H23NOSe. The van der Waals surface area contributed by atoms with Crippen LogP contribution in [0, 0.1) is 5.92 Å². The molecule has 3 heteroatoms. The summed E-state index contributed by atoms with van der Waals surface area (Å²) in [6, 6.07) is 11.4.